The second-order valence-corrected chi connectivity index (χ2v) is 7.64. The lowest BCUT2D eigenvalue weighted by Crippen LogP contribution is -2.41. The molecule has 0 radical (unpaired) electrons. The Morgan fingerprint density at radius 1 is 1.36 bits per heavy atom. The van der Waals surface area contributed by atoms with Crippen molar-refractivity contribution in [3.63, 3.8) is 0 Å². The first-order valence-electron chi connectivity index (χ1n) is 8.18. The maximum atomic E-state index is 11.6. The molecule has 6 nitrogen and oxygen atoms in total. The van der Waals surface area contributed by atoms with Gasteiger partial charge in [-0.15, -0.1) is 0 Å². The van der Waals surface area contributed by atoms with E-state index in [-0.39, 0.29) is 5.41 Å². The molecule has 1 saturated carbocycles. The van der Waals surface area contributed by atoms with E-state index in [1.807, 2.05) is 20.8 Å². The molecule has 1 saturated heterocycles. The Labute approximate surface area is 130 Å². The molecule has 3 rings (SSSR count). The molecule has 1 aliphatic heterocycles. The molecule has 22 heavy (non-hydrogen) atoms. The van der Waals surface area contributed by atoms with Gasteiger partial charge in [0.25, 0.3) is 0 Å². The molecule has 1 aliphatic carbocycles. The van der Waals surface area contributed by atoms with Crippen molar-refractivity contribution >= 4 is 5.97 Å². The molecule has 1 aromatic rings. The van der Waals surface area contributed by atoms with Crippen LogP contribution in [0.1, 0.15) is 64.6 Å². The van der Waals surface area contributed by atoms with Gasteiger partial charge in [-0.3, -0.25) is 9.69 Å². The quantitative estimate of drug-likeness (QED) is 0.924. The predicted octanol–water partition coefficient (Wildman–Crippen LogP) is 2.58. The number of hydrogen-bond donors (Lipinski definition) is 1. The summed E-state index contributed by atoms with van der Waals surface area (Å²) in [6.07, 6.45) is 5.37. The Kier molecular flexibility index (Phi) is 3.97. The summed E-state index contributed by atoms with van der Waals surface area (Å²) in [7, 11) is 0. The highest BCUT2D eigenvalue weighted by Crippen LogP contribution is 2.40. The second kappa shape index (κ2) is 5.65. The molecule has 122 valence electrons. The Hall–Kier alpha value is -1.43. The van der Waals surface area contributed by atoms with Crippen molar-refractivity contribution in [3.05, 3.63) is 11.7 Å². The molecule has 2 fully saturated rings. The van der Waals surface area contributed by atoms with Gasteiger partial charge in [0.2, 0.25) is 5.89 Å². The van der Waals surface area contributed by atoms with Gasteiger partial charge < -0.3 is 9.63 Å². The van der Waals surface area contributed by atoms with Gasteiger partial charge in [-0.05, 0) is 25.2 Å². The summed E-state index contributed by atoms with van der Waals surface area (Å²) in [6.45, 7) is 6.55. The Morgan fingerprint density at radius 2 is 2.09 bits per heavy atom. The number of fused-ring (bicyclic) bond motifs is 1. The van der Waals surface area contributed by atoms with E-state index in [1.54, 1.807) is 0 Å². The monoisotopic (exact) mass is 307 g/mol. The van der Waals surface area contributed by atoms with Crippen LogP contribution in [0.4, 0.5) is 0 Å². The zero-order valence-corrected chi connectivity index (χ0v) is 13.6. The normalized spacial score (nSPS) is 29.5. The molecule has 0 bridgehead atoms. The summed E-state index contributed by atoms with van der Waals surface area (Å²) in [5.74, 6) is 0.973. The van der Waals surface area contributed by atoms with E-state index >= 15 is 0 Å². The fraction of sp³-hybridized carbons (Fsp3) is 0.812. The van der Waals surface area contributed by atoms with Crippen molar-refractivity contribution in [2.24, 2.45) is 5.92 Å². The van der Waals surface area contributed by atoms with Crippen LogP contribution in [-0.2, 0) is 16.8 Å². The minimum absolute atomic E-state index is 0.160. The largest absolute Gasteiger partial charge is 0.480 e. The standard InChI is InChI=1S/C16H25N3O3/c1-16(2,3)15-17-13(22-18-15)9-19-11-7-5-4-6-10(11)8-12(19)14(20)21/h10-12H,4-9H2,1-3H3,(H,20,21)/t10-,11+,12-/m0/s1. The first-order valence-corrected chi connectivity index (χ1v) is 8.18. The predicted molar refractivity (Wildman–Crippen MR) is 80.3 cm³/mol. The molecule has 0 aromatic carbocycles. The van der Waals surface area contributed by atoms with E-state index in [1.165, 1.54) is 12.8 Å². The summed E-state index contributed by atoms with van der Waals surface area (Å²) in [4.78, 5) is 18.1. The molecule has 6 heteroatoms. The summed E-state index contributed by atoms with van der Waals surface area (Å²) in [5.41, 5.74) is -0.160. The van der Waals surface area contributed by atoms with Crippen LogP contribution in [0, 0.1) is 5.92 Å². The van der Waals surface area contributed by atoms with Crippen molar-refractivity contribution in [3.8, 4) is 0 Å². The summed E-state index contributed by atoms with van der Waals surface area (Å²) in [6, 6.07) is -0.0714. The van der Waals surface area contributed by atoms with Crippen molar-refractivity contribution in [1.82, 2.24) is 15.0 Å². The Balaban J connectivity index is 1.79. The molecule has 1 aromatic heterocycles. The summed E-state index contributed by atoms with van der Waals surface area (Å²) in [5, 5.41) is 13.6. The molecule has 2 aliphatic rings. The maximum absolute atomic E-state index is 11.6. The Morgan fingerprint density at radius 3 is 2.73 bits per heavy atom. The molecule has 0 amide bonds. The molecular formula is C16H25N3O3. The van der Waals surface area contributed by atoms with Crippen LogP contribution < -0.4 is 0 Å². The average Bonchev–Trinajstić information content (AvgIpc) is 3.04. The fourth-order valence-electron chi connectivity index (χ4n) is 3.80. The van der Waals surface area contributed by atoms with Crippen LogP contribution >= 0.6 is 0 Å². The topological polar surface area (TPSA) is 79.5 Å². The van der Waals surface area contributed by atoms with E-state index in [9.17, 15) is 9.90 Å². The number of carboxylic acid groups (broad SMARTS) is 1. The number of carboxylic acids is 1. The molecular weight excluding hydrogens is 282 g/mol. The maximum Gasteiger partial charge on any atom is 0.320 e. The number of hydrogen-bond acceptors (Lipinski definition) is 5. The van der Waals surface area contributed by atoms with Gasteiger partial charge >= 0.3 is 5.97 Å². The van der Waals surface area contributed by atoms with Gasteiger partial charge in [-0.25, -0.2) is 0 Å². The van der Waals surface area contributed by atoms with Gasteiger partial charge in [0.05, 0.1) is 6.54 Å². The number of aliphatic carboxylic acids is 1. The third-order valence-corrected chi connectivity index (χ3v) is 4.96. The highest BCUT2D eigenvalue weighted by atomic mass is 16.5. The molecule has 3 atom stereocenters. The van der Waals surface area contributed by atoms with Crippen molar-refractivity contribution in [1.29, 1.82) is 0 Å². The van der Waals surface area contributed by atoms with Crippen LogP contribution in [0.15, 0.2) is 4.52 Å². The van der Waals surface area contributed by atoms with Crippen molar-refractivity contribution in [2.75, 3.05) is 0 Å². The second-order valence-electron chi connectivity index (χ2n) is 7.64. The minimum atomic E-state index is -0.732. The fourth-order valence-corrected chi connectivity index (χ4v) is 3.80. The van der Waals surface area contributed by atoms with E-state index < -0.39 is 12.0 Å². The van der Waals surface area contributed by atoms with Crippen LogP contribution in [0.5, 0.6) is 0 Å². The van der Waals surface area contributed by atoms with Gasteiger partial charge in [0.15, 0.2) is 5.82 Å². The van der Waals surface area contributed by atoms with Crippen molar-refractivity contribution < 1.29 is 14.4 Å². The number of nitrogens with zero attached hydrogens (tertiary/aromatic N) is 3. The lowest BCUT2D eigenvalue weighted by molar-refractivity contribution is -0.143. The van der Waals surface area contributed by atoms with E-state index in [0.29, 0.717) is 30.2 Å². The van der Waals surface area contributed by atoms with Crippen LogP contribution in [0.2, 0.25) is 0 Å². The highest BCUT2D eigenvalue weighted by molar-refractivity contribution is 5.74. The lowest BCUT2D eigenvalue weighted by Gasteiger charge is -2.31. The van der Waals surface area contributed by atoms with Crippen LogP contribution in [0.3, 0.4) is 0 Å². The summed E-state index contributed by atoms with van der Waals surface area (Å²) < 4.78 is 5.37. The first-order chi connectivity index (χ1) is 10.4. The minimum Gasteiger partial charge on any atom is -0.480 e. The van der Waals surface area contributed by atoms with Gasteiger partial charge in [-0.2, -0.15) is 4.98 Å². The van der Waals surface area contributed by atoms with Gasteiger partial charge in [-0.1, -0.05) is 38.8 Å². The van der Waals surface area contributed by atoms with Crippen LogP contribution in [0.25, 0.3) is 0 Å². The van der Waals surface area contributed by atoms with Gasteiger partial charge in [0, 0.05) is 11.5 Å². The lowest BCUT2D eigenvalue weighted by atomic mass is 9.85. The first kappa shape index (κ1) is 15.5. The SMILES string of the molecule is CC(C)(C)c1noc(CN2[C@@H]3CCCC[C@H]3C[C@H]2C(=O)O)n1. The number of carbonyl (C=O) groups is 1. The summed E-state index contributed by atoms with van der Waals surface area (Å²) >= 11 is 0. The molecule has 2 heterocycles. The third-order valence-electron chi connectivity index (χ3n) is 4.96. The van der Waals surface area contributed by atoms with E-state index in [4.69, 9.17) is 4.52 Å². The van der Waals surface area contributed by atoms with Crippen LogP contribution in [-0.4, -0.2) is 38.2 Å². The molecule has 0 unspecified atom stereocenters. The molecule has 0 spiro atoms. The highest BCUT2D eigenvalue weighted by Gasteiger charge is 2.45. The van der Waals surface area contributed by atoms with E-state index in [2.05, 4.69) is 15.0 Å². The smallest absolute Gasteiger partial charge is 0.320 e. The average molecular weight is 307 g/mol. The number of rotatable bonds is 3. The van der Waals surface area contributed by atoms with Crippen molar-refractivity contribution in [2.45, 2.75) is 76.9 Å². The zero-order chi connectivity index (χ0) is 15.9. The number of aromatic nitrogens is 2. The van der Waals surface area contributed by atoms with Gasteiger partial charge in [0.1, 0.15) is 6.04 Å². The third kappa shape index (κ3) is 2.89. The molecule has 1 N–H and O–H groups in total. The number of likely N-dealkylation sites (tertiary alicyclic amines) is 1. The zero-order valence-electron chi connectivity index (χ0n) is 13.6. The Bertz CT molecular complexity index is 549. The van der Waals surface area contributed by atoms with E-state index in [0.717, 1.165) is 19.3 Å².